The van der Waals surface area contributed by atoms with Gasteiger partial charge < -0.3 is 19.9 Å². The van der Waals surface area contributed by atoms with Gasteiger partial charge in [0.2, 0.25) is 0 Å². The third-order valence-corrected chi connectivity index (χ3v) is 5.89. The van der Waals surface area contributed by atoms with Crippen molar-refractivity contribution in [2.24, 2.45) is 12.0 Å². The molecule has 1 heterocycles. The highest BCUT2D eigenvalue weighted by Crippen LogP contribution is 2.27. The highest BCUT2D eigenvalue weighted by atomic mass is 16.5. The van der Waals surface area contributed by atoms with Crippen molar-refractivity contribution in [2.45, 2.75) is 58.7 Å². The molecule has 0 unspecified atom stereocenters. The van der Waals surface area contributed by atoms with E-state index in [-0.39, 0.29) is 0 Å². The van der Waals surface area contributed by atoms with Crippen LogP contribution in [0, 0.1) is 13.8 Å². The van der Waals surface area contributed by atoms with Crippen molar-refractivity contribution in [3.8, 4) is 11.5 Å². The zero-order valence-corrected chi connectivity index (χ0v) is 19.1. The van der Waals surface area contributed by atoms with E-state index in [1.54, 1.807) is 0 Å². The summed E-state index contributed by atoms with van der Waals surface area (Å²) in [6.45, 7) is 5.11. The van der Waals surface area contributed by atoms with E-state index in [1.165, 1.54) is 25.7 Å². The smallest absolute Gasteiger partial charge is 0.192 e. The molecule has 0 aliphatic heterocycles. The van der Waals surface area contributed by atoms with Crippen molar-refractivity contribution in [3.05, 3.63) is 71.3 Å². The Morgan fingerprint density at radius 3 is 2.59 bits per heavy atom. The zero-order valence-electron chi connectivity index (χ0n) is 19.1. The number of aliphatic imine (C=N–C) groups is 1. The van der Waals surface area contributed by atoms with Gasteiger partial charge in [-0.25, -0.2) is 4.99 Å². The second-order valence-electron chi connectivity index (χ2n) is 8.39. The summed E-state index contributed by atoms with van der Waals surface area (Å²) in [4.78, 5) is 4.90. The Morgan fingerprint density at radius 2 is 1.88 bits per heavy atom. The summed E-state index contributed by atoms with van der Waals surface area (Å²) in [6.07, 6.45) is 4.88. The van der Waals surface area contributed by atoms with E-state index in [2.05, 4.69) is 46.0 Å². The average molecular weight is 433 g/mol. The van der Waals surface area contributed by atoms with Crippen LogP contribution in [-0.2, 0) is 20.1 Å². The fourth-order valence-electron chi connectivity index (χ4n) is 3.85. The van der Waals surface area contributed by atoms with Gasteiger partial charge in [0.15, 0.2) is 11.8 Å². The monoisotopic (exact) mass is 432 g/mol. The molecule has 7 heteroatoms. The molecule has 0 atom stereocenters. The van der Waals surface area contributed by atoms with Crippen molar-refractivity contribution >= 4 is 5.96 Å². The first-order valence-electron chi connectivity index (χ1n) is 11.3. The molecular weight excluding hydrogens is 400 g/mol. The molecule has 1 aromatic heterocycles. The van der Waals surface area contributed by atoms with Gasteiger partial charge in [0.05, 0.1) is 13.1 Å². The van der Waals surface area contributed by atoms with Crippen molar-refractivity contribution in [2.75, 3.05) is 0 Å². The fraction of sp³-hybridized carbons (Fsp3) is 0.400. The number of guanidine groups is 1. The Hall–Kier alpha value is -3.35. The van der Waals surface area contributed by atoms with Gasteiger partial charge in [-0.2, -0.15) is 0 Å². The fourth-order valence-corrected chi connectivity index (χ4v) is 3.85. The lowest BCUT2D eigenvalue weighted by atomic mass is 10.1. The quantitative estimate of drug-likeness (QED) is 0.427. The van der Waals surface area contributed by atoms with Gasteiger partial charge in [0.1, 0.15) is 17.3 Å². The SMILES string of the molecule is Cc1ccc(CN=C(NCc2nnc(C)n2C)NC2CCCC2)c(Oc2ccccc2)c1. The summed E-state index contributed by atoms with van der Waals surface area (Å²) in [6, 6.07) is 16.6. The summed E-state index contributed by atoms with van der Waals surface area (Å²) in [5.41, 5.74) is 2.20. The summed E-state index contributed by atoms with van der Waals surface area (Å²) >= 11 is 0. The van der Waals surface area contributed by atoms with Crippen LogP contribution in [0.5, 0.6) is 11.5 Å². The van der Waals surface area contributed by atoms with Crippen molar-refractivity contribution in [1.82, 2.24) is 25.4 Å². The van der Waals surface area contributed by atoms with Crippen LogP contribution >= 0.6 is 0 Å². The van der Waals surface area contributed by atoms with Crippen LogP contribution in [0.1, 0.15) is 48.5 Å². The van der Waals surface area contributed by atoms with Gasteiger partial charge in [0, 0.05) is 18.7 Å². The number of hydrogen-bond acceptors (Lipinski definition) is 4. The van der Waals surface area contributed by atoms with Gasteiger partial charge in [-0.3, -0.25) is 0 Å². The Balaban J connectivity index is 1.51. The minimum atomic E-state index is 0.459. The highest BCUT2D eigenvalue weighted by Gasteiger charge is 2.17. The van der Waals surface area contributed by atoms with Crippen molar-refractivity contribution < 1.29 is 4.74 Å². The lowest BCUT2D eigenvalue weighted by Gasteiger charge is -2.18. The number of benzene rings is 2. The van der Waals surface area contributed by atoms with Gasteiger partial charge in [-0.1, -0.05) is 43.2 Å². The summed E-state index contributed by atoms with van der Waals surface area (Å²) in [5, 5.41) is 15.4. The van der Waals surface area contributed by atoms with Gasteiger partial charge >= 0.3 is 0 Å². The molecule has 1 saturated carbocycles. The molecule has 1 fully saturated rings. The molecule has 1 aliphatic rings. The molecule has 0 bridgehead atoms. The Kier molecular flexibility index (Phi) is 7.04. The third-order valence-electron chi connectivity index (χ3n) is 5.89. The van der Waals surface area contributed by atoms with E-state index in [0.717, 1.165) is 40.2 Å². The molecule has 2 aromatic carbocycles. The highest BCUT2D eigenvalue weighted by molar-refractivity contribution is 5.80. The van der Waals surface area contributed by atoms with Crippen LogP contribution in [0.3, 0.4) is 0 Å². The van der Waals surface area contributed by atoms with E-state index in [9.17, 15) is 0 Å². The number of para-hydroxylation sites is 1. The average Bonchev–Trinajstić information content (AvgIpc) is 3.42. The van der Waals surface area contributed by atoms with E-state index >= 15 is 0 Å². The van der Waals surface area contributed by atoms with Crippen molar-refractivity contribution in [1.29, 1.82) is 0 Å². The Morgan fingerprint density at radius 1 is 1.09 bits per heavy atom. The molecule has 0 saturated heterocycles. The number of ether oxygens (including phenoxy) is 1. The minimum absolute atomic E-state index is 0.459. The van der Waals surface area contributed by atoms with Crippen LogP contribution in [0.4, 0.5) is 0 Å². The van der Waals surface area contributed by atoms with Crippen LogP contribution in [0.15, 0.2) is 53.5 Å². The minimum Gasteiger partial charge on any atom is -0.457 e. The number of hydrogen-bond donors (Lipinski definition) is 2. The first kappa shape index (κ1) is 21.9. The summed E-state index contributed by atoms with van der Waals surface area (Å²) < 4.78 is 8.16. The topological polar surface area (TPSA) is 76.4 Å². The van der Waals surface area contributed by atoms with E-state index in [1.807, 2.05) is 48.9 Å². The van der Waals surface area contributed by atoms with Crippen molar-refractivity contribution in [3.63, 3.8) is 0 Å². The maximum atomic E-state index is 6.17. The normalized spacial score (nSPS) is 14.5. The second-order valence-corrected chi connectivity index (χ2v) is 8.39. The number of aromatic nitrogens is 3. The predicted octanol–water partition coefficient (Wildman–Crippen LogP) is 4.40. The largest absolute Gasteiger partial charge is 0.457 e. The molecule has 0 amide bonds. The lowest BCUT2D eigenvalue weighted by molar-refractivity contribution is 0.476. The molecule has 1 aliphatic carbocycles. The molecule has 4 rings (SSSR count). The zero-order chi connectivity index (χ0) is 22.3. The second kappa shape index (κ2) is 10.3. The molecule has 0 spiro atoms. The standard InChI is InChI=1S/C25H32N6O/c1-18-13-14-20(23(15-18)32-22-11-5-4-6-12-22)16-26-25(28-21-9-7-8-10-21)27-17-24-30-29-19(2)31(24)3/h4-6,11-15,21H,7-10,16-17H2,1-3H3,(H2,26,27,28). The Bertz CT molecular complexity index is 1050. The van der Waals surface area contributed by atoms with Gasteiger partial charge in [-0.15, -0.1) is 10.2 Å². The molecule has 3 aromatic rings. The number of rotatable bonds is 7. The van der Waals surface area contributed by atoms with E-state index < -0.39 is 0 Å². The van der Waals surface area contributed by atoms with Crippen LogP contribution in [0.2, 0.25) is 0 Å². The lowest BCUT2D eigenvalue weighted by Crippen LogP contribution is -2.42. The Labute approximate surface area is 189 Å². The third kappa shape index (κ3) is 5.66. The van der Waals surface area contributed by atoms with Crippen LogP contribution in [0.25, 0.3) is 0 Å². The number of nitrogens with zero attached hydrogens (tertiary/aromatic N) is 4. The van der Waals surface area contributed by atoms with Crippen LogP contribution < -0.4 is 15.4 Å². The van der Waals surface area contributed by atoms with Gasteiger partial charge in [-0.05, 0) is 50.5 Å². The molecule has 7 nitrogen and oxygen atoms in total. The molecule has 32 heavy (non-hydrogen) atoms. The molecule has 2 N–H and O–H groups in total. The molecule has 168 valence electrons. The van der Waals surface area contributed by atoms with Gasteiger partial charge in [0.25, 0.3) is 0 Å². The van der Waals surface area contributed by atoms with Crippen LogP contribution in [-0.4, -0.2) is 26.8 Å². The summed E-state index contributed by atoms with van der Waals surface area (Å²) in [5.74, 6) is 4.23. The maximum absolute atomic E-state index is 6.17. The summed E-state index contributed by atoms with van der Waals surface area (Å²) in [7, 11) is 1.98. The van der Waals surface area contributed by atoms with E-state index in [0.29, 0.717) is 19.1 Å². The number of nitrogens with one attached hydrogen (secondary N) is 2. The maximum Gasteiger partial charge on any atom is 0.192 e. The molecular formula is C25H32N6O. The van der Waals surface area contributed by atoms with E-state index in [4.69, 9.17) is 9.73 Å². The number of aryl methyl sites for hydroxylation is 2. The first-order valence-corrected chi connectivity index (χ1v) is 11.3. The first-order chi connectivity index (χ1) is 15.6. The molecule has 0 radical (unpaired) electrons. The predicted molar refractivity (Wildman–Crippen MR) is 127 cm³/mol.